The monoisotopic (exact) mass is 749 g/mol. The fraction of sp³-hybridized carbons (Fsp3) is 0.633. The van der Waals surface area contributed by atoms with E-state index in [1.54, 1.807) is 0 Å². The van der Waals surface area contributed by atoms with Gasteiger partial charge in [-0.25, -0.2) is 0 Å². The van der Waals surface area contributed by atoms with Crippen molar-refractivity contribution in [2.45, 2.75) is 181 Å². The summed E-state index contributed by atoms with van der Waals surface area (Å²) in [6.07, 6.45) is 58.5. The number of hydrogen-bond acceptors (Lipinski definition) is 5. The summed E-state index contributed by atoms with van der Waals surface area (Å²) in [6.45, 7) is 7.40. The quantitative estimate of drug-likeness (QED) is 0.0357. The van der Waals surface area contributed by atoms with Gasteiger partial charge in [0.15, 0.2) is 6.10 Å². The van der Waals surface area contributed by atoms with Gasteiger partial charge in [0.2, 0.25) is 0 Å². The first-order valence-electron chi connectivity index (χ1n) is 21.8. The van der Waals surface area contributed by atoms with Crippen LogP contribution in [0.1, 0.15) is 175 Å². The summed E-state index contributed by atoms with van der Waals surface area (Å²) in [5.41, 5.74) is 0. The number of hydrogen-bond donors (Lipinski definition) is 0. The van der Waals surface area contributed by atoms with Gasteiger partial charge in [0.25, 0.3) is 0 Å². The predicted molar refractivity (Wildman–Crippen MR) is 233 cm³/mol. The molecule has 5 nitrogen and oxygen atoms in total. The normalized spacial score (nSPS) is 13.2. The lowest BCUT2D eigenvalue weighted by atomic mass is 10.1. The molecule has 0 aromatic rings. The summed E-state index contributed by atoms with van der Waals surface area (Å²) in [6, 6.07) is 0. The van der Waals surface area contributed by atoms with Gasteiger partial charge in [0.1, 0.15) is 6.61 Å². The predicted octanol–water partition coefficient (Wildman–Crippen LogP) is 14.3. The summed E-state index contributed by atoms with van der Waals surface area (Å²) >= 11 is 0. The molecule has 0 aromatic heterocycles. The Morgan fingerprint density at radius 1 is 0.426 bits per heavy atom. The molecule has 0 aliphatic heterocycles. The van der Waals surface area contributed by atoms with Gasteiger partial charge in [-0.3, -0.25) is 9.59 Å². The van der Waals surface area contributed by atoms with Gasteiger partial charge in [0.05, 0.1) is 6.61 Å². The van der Waals surface area contributed by atoms with Gasteiger partial charge >= 0.3 is 11.9 Å². The lowest BCUT2D eigenvalue weighted by Gasteiger charge is -2.18. The lowest BCUT2D eigenvalue weighted by molar-refractivity contribution is -0.162. The van der Waals surface area contributed by atoms with Crippen LogP contribution in [0.4, 0.5) is 0 Å². The topological polar surface area (TPSA) is 61.8 Å². The highest BCUT2D eigenvalue weighted by molar-refractivity contribution is 5.70. The van der Waals surface area contributed by atoms with Crippen LogP contribution < -0.4 is 0 Å². The summed E-state index contributed by atoms with van der Waals surface area (Å²) in [5.74, 6) is -0.525. The average Bonchev–Trinajstić information content (AvgIpc) is 3.17. The van der Waals surface area contributed by atoms with E-state index in [0.717, 1.165) is 96.3 Å². The maximum atomic E-state index is 12.7. The molecule has 0 aliphatic carbocycles. The summed E-state index contributed by atoms with van der Waals surface area (Å²) in [4.78, 5) is 25.1. The van der Waals surface area contributed by atoms with Crippen LogP contribution in [0.15, 0.2) is 97.2 Å². The third-order valence-corrected chi connectivity index (χ3v) is 8.60. The highest BCUT2D eigenvalue weighted by atomic mass is 16.6. The van der Waals surface area contributed by atoms with Crippen LogP contribution in [-0.2, 0) is 23.8 Å². The van der Waals surface area contributed by atoms with Crippen LogP contribution >= 0.6 is 0 Å². The van der Waals surface area contributed by atoms with Crippen LogP contribution in [0.3, 0.4) is 0 Å². The van der Waals surface area contributed by atoms with Gasteiger partial charge in [-0.1, -0.05) is 163 Å². The molecule has 0 saturated carbocycles. The van der Waals surface area contributed by atoms with Crippen LogP contribution in [0.25, 0.3) is 0 Å². The SMILES string of the molecule is CC/C=C\C/C=C\C/C=C\C/C=C\CCC(=O)OCC(COCCCCCC/C=C\C/C=C\C/C=C\CC)OC(=O)CCCCCCC/C=C\CCCC. The van der Waals surface area contributed by atoms with Crippen molar-refractivity contribution >= 4 is 11.9 Å². The molecule has 0 N–H and O–H groups in total. The second kappa shape index (κ2) is 44.2. The molecule has 0 saturated heterocycles. The van der Waals surface area contributed by atoms with Gasteiger partial charge in [0, 0.05) is 19.4 Å². The van der Waals surface area contributed by atoms with Crippen LogP contribution in [0.2, 0.25) is 0 Å². The molecule has 1 atom stereocenters. The zero-order valence-electron chi connectivity index (χ0n) is 34.9. The molecule has 306 valence electrons. The van der Waals surface area contributed by atoms with Crippen molar-refractivity contribution < 1.29 is 23.8 Å². The Morgan fingerprint density at radius 3 is 1.43 bits per heavy atom. The van der Waals surface area contributed by atoms with E-state index in [1.165, 1.54) is 38.5 Å². The van der Waals surface area contributed by atoms with E-state index >= 15 is 0 Å². The maximum absolute atomic E-state index is 12.7. The minimum Gasteiger partial charge on any atom is -0.462 e. The third-order valence-electron chi connectivity index (χ3n) is 8.60. The Balaban J connectivity index is 4.43. The van der Waals surface area contributed by atoms with E-state index in [1.807, 2.05) is 6.08 Å². The molecule has 0 amide bonds. The molecule has 0 spiro atoms. The molecule has 0 aliphatic rings. The molecular weight excluding hydrogens is 669 g/mol. The van der Waals surface area contributed by atoms with Crippen molar-refractivity contribution in [2.75, 3.05) is 19.8 Å². The summed E-state index contributed by atoms with van der Waals surface area (Å²) in [7, 11) is 0. The maximum Gasteiger partial charge on any atom is 0.306 e. The Hall–Kier alpha value is -3.18. The molecule has 0 heterocycles. The van der Waals surface area contributed by atoms with E-state index in [4.69, 9.17) is 14.2 Å². The highest BCUT2D eigenvalue weighted by Gasteiger charge is 2.17. The van der Waals surface area contributed by atoms with E-state index in [2.05, 4.69) is 112 Å². The fourth-order valence-electron chi connectivity index (χ4n) is 5.40. The minimum absolute atomic E-state index is 0.0293. The van der Waals surface area contributed by atoms with Gasteiger partial charge in [-0.15, -0.1) is 0 Å². The number of carbonyl (C=O) groups is 2. The Labute approximate surface area is 332 Å². The number of carbonyl (C=O) groups excluding carboxylic acids is 2. The van der Waals surface area contributed by atoms with Crippen LogP contribution in [-0.4, -0.2) is 37.9 Å². The zero-order chi connectivity index (χ0) is 39.3. The van der Waals surface area contributed by atoms with E-state index in [9.17, 15) is 9.59 Å². The number of rotatable bonds is 38. The molecule has 54 heavy (non-hydrogen) atoms. The largest absolute Gasteiger partial charge is 0.462 e. The van der Waals surface area contributed by atoms with Crippen molar-refractivity contribution in [2.24, 2.45) is 0 Å². The van der Waals surface area contributed by atoms with Crippen molar-refractivity contribution in [3.05, 3.63) is 97.2 Å². The number of unbranched alkanes of at least 4 members (excludes halogenated alkanes) is 11. The smallest absolute Gasteiger partial charge is 0.306 e. The number of allylic oxidation sites excluding steroid dienone is 16. The van der Waals surface area contributed by atoms with E-state index in [0.29, 0.717) is 25.9 Å². The second-order valence-corrected chi connectivity index (χ2v) is 13.8. The summed E-state index contributed by atoms with van der Waals surface area (Å²) < 4.78 is 17.2. The molecule has 1 unspecified atom stereocenters. The first-order chi connectivity index (χ1) is 26.6. The first kappa shape index (κ1) is 50.8. The van der Waals surface area contributed by atoms with Crippen molar-refractivity contribution in [1.82, 2.24) is 0 Å². The van der Waals surface area contributed by atoms with Crippen molar-refractivity contribution in [3.8, 4) is 0 Å². The Bertz CT molecular complexity index is 1070. The van der Waals surface area contributed by atoms with E-state index < -0.39 is 6.10 Å². The minimum atomic E-state index is -0.583. The Morgan fingerprint density at radius 2 is 0.870 bits per heavy atom. The molecule has 0 bridgehead atoms. The molecular formula is C49H80O5. The first-order valence-corrected chi connectivity index (χ1v) is 21.8. The highest BCUT2D eigenvalue weighted by Crippen LogP contribution is 2.11. The molecule has 0 aromatic carbocycles. The third kappa shape index (κ3) is 41.6. The molecule has 5 heteroatoms. The van der Waals surface area contributed by atoms with Crippen molar-refractivity contribution in [1.29, 1.82) is 0 Å². The molecule has 0 fully saturated rings. The van der Waals surface area contributed by atoms with Crippen molar-refractivity contribution in [3.63, 3.8) is 0 Å². The van der Waals surface area contributed by atoms with Crippen LogP contribution in [0, 0.1) is 0 Å². The van der Waals surface area contributed by atoms with Gasteiger partial charge in [-0.05, 0) is 96.3 Å². The number of esters is 2. The lowest BCUT2D eigenvalue weighted by Crippen LogP contribution is -2.30. The molecule has 0 rings (SSSR count). The average molecular weight is 749 g/mol. The van der Waals surface area contributed by atoms with E-state index in [-0.39, 0.29) is 25.2 Å². The number of ether oxygens (including phenoxy) is 3. The second-order valence-electron chi connectivity index (χ2n) is 13.8. The van der Waals surface area contributed by atoms with Crippen LogP contribution in [0.5, 0.6) is 0 Å². The summed E-state index contributed by atoms with van der Waals surface area (Å²) in [5, 5.41) is 0. The zero-order valence-corrected chi connectivity index (χ0v) is 34.9. The van der Waals surface area contributed by atoms with Gasteiger partial charge in [-0.2, -0.15) is 0 Å². The Kier molecular flexibility index (Phi) is 41.6. The standard InChI is InChI=1S/C49H80O5/c1-4-7-10-13-16-19-22-24-26-29-32-35-38-41-44-52-45-47(54-49(51)43-40-37-34-31-27-21-18-15-12-9-6-3)46-53-48(50)42-39-36-33-30-28-25-23-20-17-14-11-8-5-2/h7-8,10-11,15-20,24-26,28,33,36,47H,4-6,9,12-14,21-23,27,29-32,34-35,37-46H2,1-3H3/b10-7-,11-8-,18-15-,19-16-,20-17-,26-24-,28-25-,36-33-. The molecule has 0 radical (unpaired) electrons. The fourth-order valence-corrected chi connectivity index (χ4v) is 5.40. The van der Waals surface area contributed by atoms with Gasteiger partial charge < -0.3 is 14.2 Å².